The number of aryl methyl sites for hydroxylation is 1. The number of pyridine rings is 1. The molecular formula is C10H7BrClN3. The van der Waals surface area contributed by atoms with Crippen LogP contribution in [0.2, 0.25) is 5.15 Å². The lowest BCUT2D eigenvalue weighted by Crippen LogP contribution is -1.92. The van der Waals surface area contributed by atoms with Gasteiger partial charge in [0.05, 0.1) is 4.47 Å². The molecule has 0 saturated carbocycles. The molecule has 0 aromatic carbocycles. The lowest BCUT2D eigenvalue weighted by atomic mass is 10.2. The summed E-state index contributed by atoms with van der Waals surface area (Å²) in [6.07, 6.45) is 3.39. The van der Waals surface area contributed by atoms with Crippen LogP contribution in [0.15, 0.2) is 29.0 Å². The summed E-state index contributed by atoms with van der Waals surface area (Å²) in [5, 5.41) is 0.391. The van der Waals surface area contributed by atoms with Gasteiger partial charge in [0.15, 0.2) is 5.82 Å². The van der Waals surface area contributed by atoms with Gasteiger partial charge >= 0.3 is 0 Å². The van der Waals surface area contributed by atoms with E-state index in [-0.39, 0.29) is 0 Å². The fourth-order valence-electron chi connectivity index (χ4n) is 1.07. The van der Waals surface area contributed by atoms with Crippen molar-refractivity contribution >= 4 is 27.5 Å². The second-order valence-corrected chi connectivity index (χ2v) is 4.27. The first-order valence-corrected chi connectivity index (χ1v) is 5.45. The molecule has 0 atom stereocenters. The minimum Gasteiger partial charge on any atom is -0.253 e. The van der Waals surface area contributed by atoms with Crippen LogP contribution in [0.1, 0.15) is 5.56 Å². The normalized spacial score (nSPS) is 10.3. The third-order valence-corrected chi connectivity index (χ3v) is 2.94. The van der Waals surface area contributed by atoms with E-state index in [0.717, 1.165) is 11.3 Å². The van der Waals surface area contributed by atoms with Crippen molar-refractivity contribution in [3.63, 3.8) is 0 Å². The molecule has 2 heterocycles. The summed E-state index contributed by atoms with van der Waals surface area (Å²) < 4.78 is 0.681. The second-order valence-electron chi connectivity index (χ2n) is 3.05. The van der Waals surface area contributed by atoms with E-state index >= 15 is 0 Å². The molecule has 3 nitrogen and oxygen atoms in total. The molecule has 0 unspecified atom stereocenters. The van der Waals surface area contributed by atoms with Crippen molar-refractivity contribution in [3.8, 4) is 11.5 Å². The zero-order valence-electron chi connectivity index (χ0n) is 7.91. The van der Waals surface area contributed by atoms with E-state index in [2.05, 4.69) is 30.9 Å². The molecule has 2 rings (SSSR count). The van der Waals surface area contributed by atoms with Crippen LogP contribution in [0, 0.1) is 6.92 Å². The van der Waals surface area contributed by atoms with Gasteiger partial charge in [0, 0.05) is 12.4 Å². The van der Waals surface area contributed by atoms with Crippen molar-refractivity contribution in [2.24, 2.45) is 0 Å². The van der Waals surface area contributed by atoms with Crippen LogP contribution in [0.3, 0.4) is 0 Å². The molecule has 0 aliphatic heterocycles. The molecule has 0 N–H and O–H groups in total. The van der Waals surface area contributed by atoms with Crippen molar-refractivity contribution in [1.29, 1.82) is 0 Å². The Hall–Kier alpha value is -1.00. The Bertz CT molecular complexity index is 485. The van der Waals surface area contributed by atoms with E-state index in [1.807, 2.05) is 19.1 Å². The Morgan fingerprint density at radius 1 is 1.20 bits per heavy atom. The fourth-order valence-corrected chi connectivity index (χ4v) is 1.39. The standard InChI is InChI=1S/C10H7BrClN3/c1-6-2-3-8(13-4-6)10-14-5-7(11)9(12)15-10/h2-5H,1H3. The zero-order valence-corrected chi connectivity index (χ0v) is 10.2. The monoisotopic (exact) mass is 283 g/mol. The maximum atomic E-state index is 5.87. The summed E-state index contributed by atoms with van der Waals surface area (Å²) in [6.45, 7) is 1.98. The zero-order chi connectivity index (χ0) is 10.8. The van der Waals surface area contributed by atoms with Gasteiger partial charge in [-0.1, -0.05) is 17.7 Å². The molecule has 15 heavy (non-hydrogen) atoms. The molecule has 0 fully saturated rings. The third-order valence-electron chi connectivity index (χ3n) is 1.84. The Balaban J connectivity index is 2.45. The van der Waals surface area contributed by atoms with Gasteiger partial charge in [0.1, 0.15) is 10.8 Å². The summed E-state index contributed by atoms with van der Waals surface area (Å²) in [6, 6.07) is 3.83. The van der Waals surface area contributed by atoms with Crippen molar-refractivity contribution in [2.45, 2.75) is 6.92 Å². The molecule has 2 aromatic rings. The Morgan fingerprint density at radius 2 is 2.00 bits per heavy atom. The molecule has 0 amide bonds. The van der Waals surface area contributed by atoms with Gasteiger partial charge in [-0.2, -0.15) is 0 Å². The second kappa shape index (κ2) is 4.24. The minimum atomic E-state index is 0.391. The molecule has 2 aromatic heterocycles. The van der Waals surface area contributed by atoms with E-state index in [1.54, 1.807) is 12.4 Å². The number of nitrogens with zero attached hydrogens (tertiary/aromatic N) is 3. The SMILES string of the molecule is Cc1ccc(-c2ncc(Br)c(Cl)n2)nc1. The van der Waals surface area contributed by atoms with Gasteiger partial charge in [-0.15, -0.1) is 0 Å². The number of halogens is 2. The predicted molar refractivity (Wildman–Crippen MR) is 62.7 cm³/mol. The average Bonchev–Trinajstić information content (AvgIpc) is 2.23. The number of hydrogen-bond donors (Lipinski definition) is 0. The first-order valence-electron chi connectivity index (χ1n) is 4.28. The van der Waals surface area contributed by atoms with E-state index in [0.29, 0.717) is 15.5 Å². The van der Waals surface area contributed by atoms with E-state index < -0.39 is 0 Å². The lowest BCUT2D eigenvalue weighted by molar-refractivity contribution is 1.12. The number of rotatable bonds is 1. The Morgan fingerprint density at radius 3 is 2.60 bits per heavy atom. The molecule has 0 aliphatic carbocycles. The highest BCUT2D eigenvalue weighted by atomic mass is 79.9. The maximum absolute atomic E-state index is 5.87. The highest BCUT2D eigenvalue weighted by molar-refractivity contribution is 9.10. The van der Waals surface area contributed by atoms with Crippen LogP contribution < -0.4 is 0 Å². The number of hydrogen-bond acceptors (Lipinski definition) is 3. The summed E-state index contributed by atoms with van der Waals surface area (Å²) in [7, 11) is 0. The molecule has 76 valence electrons. The fraction of sp³-hybridized carbons (Fsp3) is 0.100. The van der Waals surface area contributed by atoms with E-state index in [1.165, 1.54) is 0 Å². The molecule has 0 spiro atoms. The van der Waals surface area contributed by atoms with Crippen LogP contribution in [-0.4, -0.2) is 15.0 Å². The molecule has 0 bridgehead atoms. The highest BCUT2D eigenvalue weighted by Crippen LogP contribution is 2.21. The number of aromatic nitrogens is 3. The van der Waals surface area contributed by atoms with Crippen LogP contribution in [0.5, 0.6) is 0 Å². The van der Waals surface area contributed by atoms with Crippen molar-refractivity contribution in [2.75, 3.05) is 0 Å². The van der Waals surface area contributed by atoms with Gasteiger partial charge in [0.2, 0.25) is 0 Å². The van der Waals surface area contributed by atoms with E-state index in [9.17, 15) is 0 Å². The summed E-state index contributed by atoms with van der Waals surface area (Å²) in [4.78, 5) is 12.5. The molecule has 0 radical (unpaired) electrons. The maximum Gasteiger partial charge on any atom is 0.179 e. The van der Waals surface area contributed by atoms with Gasteiger partial charge in [0.25, 0.3) is 0 Å². The first kappa shape index (κ1) is 10.5. The van der Waals surface area contributed by atoms with E-state index in [4.69, 9.17) is 11.6 Å². The summed E-state index contributed by atoms with van der Waals surface area (Å²) in [5.74, 6) is 0.531. The van der Waals surface area contributed by atoms with Crippen molar-refractivity contribution < 1.29 is 0 Å². The summed E-state index contributed by atoms with van der Waals surface area (Å²) >= 11 is 9.11. The Labute approximate surface area is 101 Å². The highest BCUT2D eigenvalue weighted by Gasteiger charge is 2.05. The molecule has 0 aliphatic rings. The van der Waals surface area contributed by atoms with Crippen molar-refractivity contribution in [1.82, 2.24) is 15.0 Å². The van der Waals surface area contributed by atoms with Crippen LogP contribution >= 0.6 is 27.5 Å². The van der Waals surface area contributed by atoms with Crippen LogP contribution in [-0.2, 0) is 0 Å². The van der Waals surface area contributed by atoms with Gasteiger partial charge < -0.3 is 0 Å². The average molecular weight is 285 g/mol. The van der Waals surface area contributed by atoms with Gasteiger partial charge in [-0.3, -0.25) is 4.98 Å². The Kier molecular flexibility index (Phi) is 2.98. The minimum absolute atomic E-state index is 0.391. The quantitative estimate of drug-likeness (QED) is 0.755. The topological polar surface area (TPSA) is 38.7 Å². The molecule has 5 heteroatoms. The van der Waals surface area contributed by atoms with Crippen LogP contribution in [0.25, 0.3) is 11.5 Å². The smallest absolute Gasteiger partial charge is 0.179 e. The van der Waals surface area contributed by atoms with Crippen LogP contribution in [0.4, 0.5) is 0 Å². The third kappa shape index (κ3) is 2.33. The molecular weight excluding hydrogens is 277 g/mol. The first-order chi connectivity index (χ1) is 7.16. The van der Waals surface area contributed by atoms with Gasteiger partial charge in [-0.05, 0) is 34.5 Å². The molecule has 0 saturated heterocycles. The van der Waals surface area contributed by atoms with Crippen molar-refractivity contribution in [3.05, 3.63) is 39.7 Å². The summed E-state index contributed by atoms with van der Waals surface area (Å²) in [5.41, 5.74) is 1.82. The van der Waals surface area contributed by atoms with Gasteiger partial charge in [-0.25, -0.2) is 9.97 Å². The largest absolute Gasteiger partial charge is 0.253 e. The lowest BCUT2D eigenvalue weighted by Gasteiger charge is -2.00. The predicted octanol–water partition coefficient (Wildman–Crippen LogP) is 3.26.